The van der Waals surface area contributed by atoms with Gasteiger partial charge in [-0.1, -0.05) is 24.9 Å². The first-order valence-electron chi connectivity index (χ1n) is 5.49. The first-order chi connectivity index (χ1) is 7.67. The summed E-state index contributed by atoms with van der Waals surface area (Å²) in [4.78, 5) is 0. The minimum atomic E-state index is -0.491. The average Bonchev–Trinajstić information content (AvgIpc) is 2.27. The van der Waals surface area contributed by atoms with Gasteiger partial charge in [-0.05, 0) is 37.1 Å². The molecule has 0 aliphatic rings. The van der Waals surface area contributed by atoms with E-state index in [2.05, 4.69) is 13.8 Å². The van der Waals surface area contributed by atoms with Gasteiger partial charge in [0, 0.05) is 10.9 Å². The maximum absolute atomic E-state index is 12.5. The highest BCUT2D eigenvalue weighted by molar-refractivity contribution is 6.30. The molecule has 0 saturated heterocycles. The molecule has 3 heteroatoms. The molecule has 0 heterocycles. The number of benzene rings is 1. The van der Waals surface area contributed by atoms with Gasteiger partial charge < -0.3 is 4.74 Å². The fourth-order valence-corrected chi connectivity index (χ4v) is 1.56. The van der Waals surface area contributed by atoms with E-state index in [1.165, 1.54) is 0 Å². The first-order valence-corrected chi connectivity index (χ1v) is 5.87. The van der Waals surface area contributed by atoms with Crippen molar-refractivity contribution in [2.75, 3.05) is 13.3 Å². The Morgan fingerprint density at radius 3 is 2.81 bits per heavy atom. The lowest BCUT2D eigenvalue weighted by molar-refractivity contribution is 0.309. The van der Waals surface area contributed by atoms with Crippen molar-refractivity contribution in [3.8, 4) is 5.75 Å². The minimum Gasteiger partial charge on any atom is -0.494 e. The van der Waals surface area contributed by atoms with Gasteiger partial charge in [0.1, 0.15) is 5.75 Å². The third kappa shape index (κ3) is 4.01. The Morgan fingerprint density at radius 2 is 2.19 bits per heavy atom. The van der Waals surface area contributed by atoms with Gasteiger partial charge in [0.2, 0.25) is 0 Å². The van der Waals surface area contributed by atoms with Gasteiger partial charge in [0.25, 0.3) is 0 Å². The van der Waals surface area contributed by atoms with Crippen LogP contribution in [0.15, 0.2) is 18.2 Å². The standard InChI is InChI=1S/C13H17ClFO/c1-3-4-5-16-13-7-11(10(2)9-15)6-12(14)8-13/h6-8,10H,2-5,9H2,1H3. The molecule has 0 amide bonds. The van der Waals surface area contributed by atoms with E-state index in [4.69, 9.17) is 16.3 Å². The smallest absolute Gasteiger partial charge is 0.121 e. The van der Waals surface area contributed by atoms with Gasteiger partial charge in [-0.2, -0.15) is 0 Å². The molecule has 1 unspecified atom stereocenters. The van der Waals surface area contributed by atoms with Crippen molar-refractivity contribution in [3.05, 3.63) is 35.7 Å². The molecule has 1 atom stereocenters. The van der Waals surface area contributed by atoms with E-state index in [1.807, 2.05) is 0 Å². The van der Waals surface area contributed by atoms with Crippen LogP contribution in [0.5, 0.6) is 5.75 Å². The summed E-state index contributed by atoms with van der Waals surface area (Å²) in [5.41, 5.74) is 0.779. The molecule has 0 saturated carbocycles. The maximum Gasteiger partial charge on any atom is 0.121 e. The molecule has 0 bridgehead atoms. The summed E-state index contributed by atoms with van der Waals surface area (Å²) >= 11 is 5.93. The van der Waals surface area contributed by atoms with E-state index < -0.39 is 6.67 Å². The molecular formula is C13H17ClFO. The van der Waals surface area contributed by atoms with Crippen LogP contribution in [0.4, 0.5) is 4.39 Å². The Balaban J connectivity index is 2.73. The normalized spacial score (nSPS) is 12.5. The summed E-state index contributed by atoms with van der Waals surface area (Å²) in [7, 11) is 0. The molecule has 1 radical (unpaired) electrons. The zero-order valence-corrected chi connectivity index (χ0v) is 10.3. The minimum absolute atomic E-state index is 0.382. The maximum atomic E-state index is 12.5. The van der Waals surface area contributed by atoms with Crippen LogP contribution in [0.2, 0.25) is 5.02 Å². The highest BCUT2D eigenvalue weighted by Gasteiger charge is 2.08. The number of rotatable bonds is 6. The fraction of sp³-hybridized carbons (Fsp3) is 0.462. The van der Waals surface area contributed by atoms with Crippen molar-refractivity contribution in [3.63, 3.8) is 0 Å². The van der Waals surface area contributed by atoms with E-state index in [0.717, 1.165) is 18.4 Å². The number of alkyl halides is 1. The molecule has 1 rings (SSSR count). The second-order valence-corrected chi connectivity index (χ2v) is 4.21. The van der Waals surface area contributed by atoms with Gasteiger partial charge in [-0.3, -0.25) is 4.39 Å². The molecule has 0 fully saturated rings. The number of hydrogen-bond acceptors (Lipinski definition) is 1. The molecule has 0 spiro atoms. The largest absolute Gasteiger partial charge is 0.494 e. The van der Waals surface area contributed by atoms with Gasteiger partial charge >= 0.3 is 0 Å². The van der Waals surface area contributed by atoms with Crippen LogP contribution >= 0.6 is 11.6 Å². The Hall–Kier alpha value is -0.760. The van der Waals surface area contributed by atoms with Gasteiger partial charge in [0.15, 0.2) is 0 Å². The summed E-state index contributed by atoms with van der Waals surface area (Å²) in [6, 6.07) is 5.27. The molecule has 1 aromatic carbocycles. The van der Waals surface area contributed by atoms with Crippen molar-refractivity contribution in [1.29, 1.82) is 0 Å². The Labute approximate surface area is 102 Å². The molecule has 16 heavy (non-hydrogen) atoms. The summed E-state index contributed by atoms with van der Waals surface area (Å²) < 4.78 is 18.0. The van der Waals surface area contributed by atoms with Crippen LogP contribution in [0.25, 0.3) is 0 Å². The second-order valence-electron chi connectivity index (χ2n) is 3.77. The zero-order chi connectivity index (χ0) is 12.0. The first kappa shape index (κ1) is 13.3. The second kappa shape index (κ2) is 6.74. The number of hydrogen-bond donors (Lipinski definition) is 0. The van der Waals surface area contributed by atoms with Crippen molar-refractivity contribution in [2.45, 2.75) is 25.7 Å². The predicted molar refractivity (Wildman–Crippen MR) is 65.9 cm³/mol. The third-order valence-corrected chi connectivity index (χ3v) is 2.54. The van der Waals surface area contributed by atoms with E-state index >= 15 is 0 Å². The van der Waals surface area contributed by atoms with Crippen LogP contribution < -0.4 is 4.74 Å². The van der Waals surface area contributed by atoms with Crippen molar-refractivity contribution in [1.82, 2.24) is 0 Å². The Bertz CT molecular complexity index is 328. The summed E-state index contributed by atoms with van der Waals surface area (Å²) in [5, 5.41) is 0.561. The quantitative estimate of drug-likeness (QED) is 0.673. The van der Waals surface area contributed by atoms with Crippen molar-refractivity contribution >= 4 is 11.6 Å². The fourth-order valence-electron chi connectivity index (χ4n) is 1.33. The average molecular weight is 244 g/mol. The molecular weight excluding hydrogens is 227 g/mol. The van der Waals surface area contributed by atoms with Crippen molar-refractivity contribution < 1.29 is 9.13 Å². The van der Waals surface area contributed by atoms with E-state index in [-0.39, 0.29) is 5.92 Å². The highest BCUT2D eigenvalue weighted by Crippen LogP contribution is 2.26. The molecule has 0 aliphatic heterocycles. The van der Waals surface area contributed by atoms with Gasteiger partial charge in [-0.25, -0.2) is 0 Å². The van der Waals surface area contributed by atoms with E-state index in [0.29, 0.717) is 17.4 Å². The summed E-state index contributed by atoms with van der Waals surface area (Å²) in [5.74, 6) is 0.310. The number of ether oxygens (including phenoxy) is 1. The topological polar surface area (TPSA) is 9.23 Å². The molecule has 0 aromatic heterocycles. The SMILES string of the molecule is [CH2]C(CF)c1cc(Cl)cc(OCCCC)c1. The monoisotopic (exact) mass is 243 g/mol. The molecule has 89 valence electrons. The van der Waals surface area contributed by atoms with Crippen LogP contribution in [-0.2, 0) is 0 Å². The van der Waals surface area contributed by atoms with Crippen LogP contribution in [-0.4, -0.2) is 13.3 Å². The number of unbranched alkanes of at least 4 members (excludes halogenated alkanes) is 1. The molecule has 1 aromatic rings. The number of halogens is 2. The predicted octanol–water partition coefficient (Wildman–Crippen LogP) is 4.41. The van der Waals surface area contributed by atoms with Crippen LogP contribution in [0, 0.1) is 6.92 Å². The molecule has 0 aliphatic carbocycles. The molecule has 0 N–H and O–H groups in total. The summed E-state index contributed by atoms with van der Waals surface area (Å²) in [6.07, 6.45) is 2.08. The van der Waals surface area contributed by atoms with Crippen molar-refractivity contribution in [2.24, 2.45) is 0 Å². The Morgan fingerprint density at radius 1 is 1.44 bits per heavy atom. The van der Waals surface area contributed by atoms with Gasteiger partial charge in [-0.15, -0.1) is 0 Å². The zero-order valence-electron chi connectivity index (χ0n) is 9.51. The molecule has 1 nitrogen and oxygen atoms in total. The highest BCUT2D eigenvalue weighted by atomic mass is 35.5. The van der Waals surface area contributed by atoms with Gasteiger partial charge in [0.05, 0.1) is 13.3 Å². The summed E-state index contributed by atoms with van der Waals surface area (Å²) in [6.45, 7) is 5.98. The van der Waals surface area contributed by atoms with Crippen LogP contribution in [0.1, 0.15) is 31.2 Å². The lowest BCUT2D eigenvalue weighted by Gasteiger charge is -2.11. The van der Waals surface area contributed by atoms with E-state index in [9.17, 15) is 4.39 Å². The Kier molecular flexibility index (Phi) is 5.61. The lowest BCUT2D eigenvalue weighted by atomic mass is 10.0. The third-order valence-electron chi connectivity index (χ3n) is 2.32. The lowest BCUT2D eigenvalue weighted by Crippen LogP contribution is -2.00. The van der Waals surface area contributed by atoms with E-state index in [1.54, 1.807) is 18.2 Å². The van der Waals surface area contributed by atoms with Crippen LogP contribution in [0.3, 0.4) is 0 Å².